The molecule has 0 radical (unpaired) electrons. The summed E-state index contributed by atoms with van der Waals surface area (Å²) in [7, 11) is -3.67. The maximum Gasteiger partial charge on any atom is 0.410 e. The molecule has 1 aliphatic heterocycles. The second-order valence-corrected chi connectivity index (χ2v) is 8.84. The molecule has 0 spiro atoms. The molecule has 2 heterocycles. The van der Waals surface area contributed by atoms with Gasteiger partial charge >= 0.3 is 6.09 Å². The largest absolute Gasteiger partial charge is 0.444 e. The van der Waals surface area contributed by atoms with Crippen molar-refractivity contribution >= 4 is 15.9 Å². The van der Waals surface area contributed by atoms with Gasteiger partial charge in [0.15, 0.2) is 0 Å². The summed E-state index contributed by atoms with van der Waals surface area (Å²) in [5.74, 6) is 0. The van der Waals surface area contributed by atoms with Crippen LogP contribution in [0, 0.1) is 6.92 Å². The molecule has 0 aliphatic carbocycles. The molecule has 7 nitrogen and oxygen atoms in total. The smallest absolute Gasteiger partial charge is 0.410 e. The van der Waals surface area contributed by atoms with E-state index in [1.54, 1.807) is 33.8 Å². The lowest BCUT2D eigenvalue weighted by atomic mass is 10.1. The highest BCUT2D eigenvalue weighted by Crippen LogP contribution is 2.23. The SMILES string of the molecule is Cc1ccnc(S(=O)(=O)[C@@H]2CCCN(C(=O)OC(C)(C)C)C2)n1. The van der Waals surface area contributed by atoms with E-state index in [0.29, 0.717) is 25.1 Å². The van der Waals surface area contributed by atoms with Gasteiger partial charge in [0, 0.05) is 25.0 Å². The van der Waals surface area contributed by atoms with E-state index in [1.165, 1.54) is 11.1 Å². The summed E-state index contributed by atoms with van der Waals surface area (Å²) in [6, 6.07) is 1.65. The Morgan fingerprint density at radius 3 is 2.70 bits per heavy atom. The van der Waals surface area contributed by atoms with E-state index in [2.05, 4.69) is 9.97 Å². The zero-order valence-electron chi connectivity index (χ0n) is 13.9. The fraction of sp³-hybridized carbons (Fsp3) is 0.667. The lowest BCUT2D eigenvalue weighted by Crippen LogP contribution is -2.47. The van der Waals surface area contributed by atoms with Gasteiger partial charge in [-0.1, -0.05) is 0 Å². The number of hydrogen-bond donors (Lipinski definition) is 0. The maximum absolute atomic E-state index is 12.7. The Bertz CT molecular complexity index is 682. The van der Waals surface area contributed by atoms with Crippen molar-refractivity contribution in [2.75, 3.05) is 13.1 Å². The number of hydrogen-bond acceptors (Lipinski definition) is 6. The molecule has 0 aromatic carbocycles. The Morgan fingerprint density at radius 2 is 2.09 bits per heavy atom. The quantitative estimate of drug-likeness (QED) is 0.764. The second kappa shape index (κ2) is 6.43. The van der Waals surface area contributed by atoms with Gasteiger partial charge in [0.1, 0.15) is 5.60 Å². The summed E-state index contributed by atoms with van der Waals surface area (Å²) < 4.78 is 30.7. The first kappa shape index (κ1) is 17.7. The summed E-state index contributed by atoms with van der Waals surface area (Å²) in [5.41, 5.74) is -0.0129. The number of carbonyl (C=O) groups excluding carboxylic acids is 1. The minimum absolute atomic E-state index is 0.106. The van der Waals surface area contributed by atoms with Crippen molar-refractivity contribution in [3.63, 3.8) is 0 Å². The van der Waals surface area contributed by atoms with Crippen LogP contribution < -0.4 is 0 Å². The van der Waals surface area contributed by atoms with Gasteiger partial charge in [0.2, 0.25) is 15.0 Å². The van der Waals surface area contributed by atoms with E-state index in [1.807, 2.05) is 0 Å². The highest BCUT2D eigenvalue weighted by atomic mass is 32.2. The molecule has 8 heteroatoms. The summed E-state index contributed by atoms with van der Waals surface area (Å²) in [4.78, 5) is 21.5. The van der Waals surface area contributed by atoms with Gasteiger partial charge in [-0.05, 0) is 46.6 Å². The third-order valence-electron chi connectivity index (χ3n) is 3.50. The molecule has 0 saturated carbocycles. The lowest BCUT2D eigenvalue weighted by molar-refractivity contribution is 0.0219. The van der Waals surface area contributed by atoms with Crippen LogP contribution in [0.25, 0.3) is 0 Å². The number of aryl methyl sites for hydroxylation is 1. The van der Waals surface area contributed by atoms with Crippen molar-refractivity contribution in [1.82, 2.24) is 14.9 Å². The summed E-state index contributed by atoms with van der Waals surface area (Å²) in [5, 5.41) is -0.876. The van der Waals surface area contributed by atoms with Crippen LogP contribution in [0.4, 0.5) is 4.79 Å². The number of amides is 1. The predicted octanol–water partition coefficient (Wildman–Crippen LogP) is 1.96. The fourth-order valence-electron chi connectivity index (χ4n) is 2.40. The average Bonchev–Trinajstić information content (AvgIpc) is 2.45. The third-order valence-corrected chi connectivity index (χ3v) is 5.46. The molecule has 2 rings (SSSR count). The number of sulfone groups is 1. The Hall–Kier alpha value is -1.70. The molecular weight excluding hydrogens is 318 g/mol. The van der Waals surface area contributed by atoms with Crippen molar-refractivity contribution in [3.05, 3.63) is 18.0 Å². The first-order chi connectivity index (χ1) is 10.6. The van der Waals surface area contributed by atoms with Crippen molar-refractivity contribution in [2.24, 2.45) is 0 Å². The lowest BCUT2D eigenvalue weighted by Gasteiger charge is -2.33. The van der Waals surface area contributed by atoms with Gasteiger partial charge in [-0.15, -0.1) is 0 Å². The number of ether oxygens (including phenoxy) is 1. The van der Waals surface area contributed by atoms with E-state index in [9.17, 15) is 13.2 Å². The number of rotatable bonds is 2. The van der Waals surface area contributed by atoms with Crippen LogP contribution in [0.3, 0.4) is 0 Å². The van der Waals surface area contributed by atoms with Gasteiger partial charge < -0.3 is 9.64 Å². The number of likely N-dealkylation sites (tertiary alicyclic amines) is 1. The Labute approximate surface area is 137 Å². The molecule has 128 valence electrons. The highest BCUT2D eigenvalue weighted by Gasteiger charge is 2.36. The number of nitrogens with zero attached hydrogens (tertiary/aromatic N) is 3. The van der Waals surface area contributed by atoms with Crippen molar-refractivity contribution in [3.8, 4) is 0 Å². The number of piperidine rings is 1. The van der Waals surface area contributed by atoms with Gasteiger partial charge in [0.25, 0.3) is 0 Å². The number of carbonyl (C=O) groups is 1. The fourth-order valence-corrected chi connectivity index (χ4v) is 4.03. The monoisotopic (exact) mass is 341 g/mol. The summed E-state index contributed by atoms with van der Waals surface area (Å²) in [6.45, 7) is 7.66. The predicted molar refractivity (Wildman–Crippen MR) is 84.8 cm³/mol. The minimum atomic E-state index is -3.67. The van der Waals surface area contributed by atoms with Crippen molar-refractivity contribution in [2.45, 2.75) is 56.5 Å². The summed E-state index contributed by atoms with van der Waals surface area (Å²) >= 11 is 0. The van der Waals surface area contributed by atoms with Gasteiger partial charge in [-0.3, -0.25) is 0 Å². The van der Waals surface area contributed by atoms with Crippen LogP contribution in [0.5, 0.6) is 0 Å². The molecule has 1 aromatic rings. The maximum atomic E-state index is 12.7. The zero-order chi connectivity index (χ0) is 17.3. The Balaban J connectivity index is 2.16. The first-order valence-corrected chi connectivity index (χ1v) is 9.16. The topological polar surface area (TPSA) is 89.5 Å². The zero-order valence-corrected chi connectivity index (χ0v) is 14.8. The van der Waals surface area contributed by atoms with Crippen LogP contribution in [0.2, 0.25) is 0 Å². The average molecular weight is 341 g/mol. The number of aromatic nitrogens is 2. The molecule has 1 saturated heterocycles. The normalized spacial score (nSPS) is 19.5. The molecule has 0 N–H and O–H groups in total. The van der Waals surface area contributed by atoms with E-state index >= 15 is 0 Å². The molecule has 0 unspecified atom stereocenters. The van der Waals surface area contributed by atoms with E-state index in [4.69, 9.17) is 4.74 Å². The molecule has 1 atom stereocenters. The molecule has 1 amide bonds. The molecular formula is C15H23N3O4S. The van der Waals surface area contributed by atoms with Gasteiger partial charge in [-0.2, -0.15) is 0 Å². The van der Waals surface area contributed by atoms with E-state index in [0.717, 1.165) is 0 Å². The minimum Gasteiger partial charge on any atom is -0.444 e. The molecule has 23 heavy (non-hydrogen) atoms. The Kier molecular flexibility index (Phi) is 4.93. The summed E-state index contributed by atoms with van der Waals surface area (Å²) in [6.07, 6.45) is 2.04. The van der Waals surface area contributed by atoms with Gasteiger partial charge in [0.05, 0.1) is 5.25 Å². The van der Waals surface area contributed by atoms with Crippen LogP contribution >= 0.6 is 0 Å². The van der Waals surface area contributed by atoms with E-state index < -0.39 is 26.8 Å². The van der Waals surface area contributed by atoms with Crippen LogP contribution in [0.15, 0.2) is 17.4 Å². The standard InChI is InChI=1S/C15H23N3O4S/c1-11-7-8-16-13(17-11)23(20,21)12-6-5-9-18(10-12)14(19)22-15(2,3)4/h7-8,12H,5-6,9-10H2,1-4H3/t12-/m1/s1. The molecule has 1 aliphatic rings. The Morgan fingerprint density at radius 1 is 1.39 bits per heavy atom. The van der Waals surface area contributed by atoms with Gasteiger partial charge in [-0.25, -0.2) is 23.2 Å². The third kappa shape index (κ3) is 4.40. The van der Waals surface area contributed by atoms with Crippen LogP contribution in [-0.2, 0) is 14.6 Å². The molecule has 1 aromatic heterocycles. The first-order valence-electron chi connectivity index (χ1n) is 7.61. The molecule has 1 fully saturated rings. The second-order valence-electron chi connectivity index (χ2n) is 6.72. The van der Waals surface area contributed by atoms with Crippen molar-refractivity contribution in [1.29, 1.82) is 0 Å². The van der Waals surface area contributed by atoms with Crippen LogP contribution in [-0.4, -0.2) is 53.3 Å². The highest BCUT2D eigenvalue weighted by molar-refractivity contribution is 7.91. The van der Waals surface area contributed by atoms with Crippen molar-refractivity contribution < 1.29 is 17.9 Å². The molecule has 0 bridgehead atoms. The van der Waals surface area contributed by atoms with Crippen LogP contribution in [0.1, 0.15) is 39.3 Å². The van der Waals surface area contributed by atoms with E-state index in [-0.39, 0.29) is 11.7 Å².